The van der Waals surface area contributed by atoms with Crippen LogP contribution in [0.2, 0.25) is 0 Å². The molecule has 1 aliphatic rings. The summed E-state index contributed by atoms with van der Waals surface area (Å²) in [6.45, 7) is 7.33. The first-order chi connectivity index (χ1) is 7.77. The van der Waals surface area contributed by atoms with Crippen molar-refractivity contribution in [2.75, 3.05) is 19.6 Å². The zero-order valence-electron chi connectivity index (χ0n) is 10.7. The van der Waals surface area contributed by atoms with Gasteiger partial charge in [0.25, 0.3) is 0 Å². The highest BCUT2D eigenvalue weighted by molar-refractivity contribution is 5.03. The predicted molar refractivity (Wildman–Crippen MR) is 68.1 cm³/mol. The van der Waals surface area contributed by atoms with Crippen LogP contribution in [0.4, 0.5) is 0 Å². The fourth-order valence-corrected chi connectivity index (χ4v) is 2.24. The van der Waals surface area contributed by atoms with Crippen molar-refractivity contribution in [3.63, 3.8) is 0 Å². The molecule has 0 aromatic carbocycles. The molecule has 1 rings (SSSR count). The van der Waals surface area contributed by atoms with Crippen molar-refractivity contribution < 1.29 is 5.11 Å². The van der Waals surface area contributed by atoms with Crippen LogP contribution in [0.3, 0.4) is 0 Å². The Bertz CT molecular complexity index is 237. The Kier molecular flexibility index (Phi) is 6.52. The molecule has 0 bridgehead atoms. The van der Waals surface area contributed by atoms with E-state index in [9.17, 15) is 5.11 Å². The molecule has 0 aromatic heterocycles. The Labute approximate surface area is 100 Å². The molecule has 16 heavy (non-hydrogen) atoms. The maximum atomic E-state index is 9.79. The van der Waals surface area contributed by atoms with Crippen LogP contribution in [0, 0.1) is 17.8 Å². The molecule has 1 fully saturated rings. The highest BCUT2D eigenvalue weighted by Gasteiger charge is 2.21. The molecule has 1 saturated carbocycles. The van der Waals surface area contributed by atoms with Gasteiger partial charge in [-0.25, -0.2) is 0 Å². The minimum atomic E-state index is -0.100. The van der Waals surface area contributed by atoms with E-state index in [4.69, 9.17) is 0 Å². The summed E-state index contributed by atoms with van der Waals surface area (Å²) < 4.78 is 0. The molecule has 0 aromatic rings. The first kappa shape index (κ1) is 13.5. The van der Waals surface area contributed by atoms with Crippen molar-refractivity contribution in [3.05, 3.63) is 0 Å². The Hall–Kier alpha value is -0.520. The number of rotatable bonds is 4. The molecule has 0 saturated heterocycles. The fraction of sp³-hybridized carbons (Fsp3) is 0.857. The van der Waals surface area contributed by atoms with E-state index in [-0.39, 0.29) is 6.10 Å². The van der Waals surface area contributed by atoms with E-state index in [1.807, 2.05) is 0 Å². The standard InChI is InChI=1S/C14H25NO/c1-3-15(4-2)12-8-7-10-13-9-5-6-11-14(13)16/h13-14,16H,3-6,9-12H2,1-2H3. The van der Waals surface area contributed by atoms with Crippen molar-refractivity contribution in [1.29, 1.82) is 0 Å². The summed E-state index contributed by atoms with van der Waals surface area (Å²) in [5.41, 5.74) is 0. The lowest BCUT2D eigenvalue weighted by atomic mass is 9.84. The number of hydrogen-bond donors (Lipinski definition) is 1. The molecule has 0 spiro atoms. The van der Waals surface area contributed by atoms with Gasteiger partial charge in [-0.05, 0) is 31.8 Å². The van der Waals surface area contributed by atoms with Crippen molar-refractivity contribution >= 4 is 0 Å². The van der Waals surface area contributed by atoms with Crippen molar-refractivity contribution in [2.45, 2.75) is 52.1 Å². The van der Waals surface area contributed by atoms with Crippen LogP contribution in [-0.4, -0.2) is 35.7 Å². The lowest BCUT2D eigenvalue weighted by molar-refractivity contribution is 0.0724. The van der Waals surface area contributed by atoms with Gasteiger partial charge in [-0.2, -0.15) is 0 Å². The third kappa shape index (κ3) is 4.55. The van der Waals surface area contributed by atoms with Gasteiger partial charge in [-0.3, -0.25) is 4.90 Å². The van der Waals surface area contributed by atoms with Crippen molar-refractivity contribution in [3.8, 4) is 11.8 Å². The van der Waals surface area contributed by atoms with Crippen molar-refractivity contribution in [1.82, 2.24) is 4.90 Å². The van der Waals surface area contributed by atoms with Crippen LogP contribution in [0.1, 0.15) is 46.0 Å². The molecule has 1 N–H and O–H groups in total. The first-order valence-electron chi connectivity index (χ1n) is 6.64. The topological polar surface area (TPSA) is 23.5 Å². The quantitative estimate of drug-likeness (QED) is 0.739. The van der Waals surface area contributed by atoms with Crippen LogP contribution < -0.4 is 0 Å². The second-order valence-electron chi connectivity index (χ2n) is 4.63. The Balaban J connectivity index is 2.24. The van der Waals surface area contributed by atoms with Gasteiger partial charge in [0.1, 0.15) is 0 Å². The molecule has 92 valence electrons. The van der Waals surface area contributed by atoms with Gasteiger partial charge >= 0.3 is 0 Å². The molecule has 2 unspecified atom stereocenters. The summed E-state index contributed by atoms with van der Waals surface area (Å²) >= 11 is 0. The summed E-state index contributed by atoms with van der Waals surface area (Å²) in [4.78, 5) is 2.31. The van der Waals surface area contributed by atoms with E-state index in [1.165, 1.54) is 12.8 Å². The minimum absolute atomic E-state index is 0.100. The van der Waals surface area contributed by atoms with Gasteiger partial charge in [0.15, 0.2) is 0 Å². The molecule has 1 aliphatic carbocycles. The molecular weight excluding hydrogens is 198 g/mol. The van der Waals surface area contributed by atoms with Crippen LogP contribution in [0.15, 0.2) is 0 Å². The summed E-state index contributed by atoms with van der Waals surface area (Å²) in [7, 11) is 0. The van der Waals surface area contributed by atoms with Gasteiger partial charge in [0, 0.05) is 6.42 Å². The molecule has 0 heterocycles. The third-order valence-corrected chi connectivity index (χ3v) is 3.56. The van der Waals surface area contributed by atoms with Crippen molar-refractivity contribution in [2.24, 2.45) is 5.92 Å². The lowest BCUT2D eigenvalue weighted by Gasteiger charge is -2.25. The molecular formula is C14H25NO. The number of aliphatic hydroxyl groups excluding tert-OH is 1. The highest BCUT2D eigenvalue weighted by Crippen LogP contribution is 2.26. The van der Waals surface area contributed by atoms with E-state index in [0.29, 0.717) is 5.92 Å². The second kappa shape index (κ2) is 7.70. The number of nitrogens with zero attached hydrogens (tertiary/aromatic N) is 1. The monoisotopic (exact) mass is 223 g/mol. The predicted octanol–water partition coefficient (Wildman–Crippen LogP) is 2.27. The maximum absolute atomic E-state index is 9.79. The van der Waals surface area contributed by atoms with E-state index >= 15 is 0 Å². The molecule has 0 amide bonds. The number of hydrogen-bond acceptors (Lipinski definition) is 2. The van der Waals surface area contributed by atoms with Gasteiger partial charge in [-0.15, -0.1) is 5.92 Å². The summed E-state index contributed by atoms with van der Waals surface area (Å²) in [5, 5.41) is 9.79. The molecule has 2 nitrogen and oxygen atoms in total. The summed E-state index contributed by atoms with van der Waals surface area (Å²) in [5.74, 6) is 6.88. The SMILES string of the molecule is CCN(CC)CC#CCC1CCCCC1O. The molecule has 0 aliphatic heterocycles. The highest BCUT2D eigenvalue weighted by atomic mass is 16.3. The summed E-state index contributed by atoms with van der Waals surface area (Å²) in [6.07, 6.45) is 5.35. The minimum Gasteiger partial charge on any atom is -0.393 e. The Morgan fingerprint density at radius 2 is 1.81 bits per heavy atom. The largest absolute Gasteiger partial charge is 0.393 e. The molecule has 0 radical (unpaired) electrons. The van der Waals surface area contributed by atoms with Crippen LogP contribution >= 0.6 is 0 Å². The van der Waals surface area contributed by atoms with Crippen LogP contribution in [-0.2, 0) is 0 Å². The zero-order valence-corrected chi connectivity index (χ0v) is 10.7. The average molecular weight is 223 g/mol. The molecule has 2 heteroatoms. The van der Waals surface area contributed by atoms with Gasteiger partial charge in [0.2, 0.25) is 0 Å². The lowest BCUT2D eigenvalue weighted by Crippen LogP contribution is -2.24. The maximum Gasteiger partial charge on any atom is 0.0601 e. The van der Waals surface area contributed by atoms with Gasteiger partial charge < -0.3 is 5.11 Å². The smallest absolute Gasteiger partial charge is 0.0601 e. The zero-order chi connectivity index (χ0) is 11.8. The van der Waals surface area contributed by atoms with Gasteiger partial charge in [-0.1, -0.05) is 32.6 Å². The van der Waals surface area contributed by atoms with E-state index in [2.05, 4.69) is 30.6 Å². The van der Waals surface area contributed by atoms with Crippen LogP contribution in [0.5, 0.6) is 0 Å². The third-order valence-electron chi connectivity index (χ3n) is 3.56. The number of aliphatic hydroxyl groups is 1. The Morgan fingerprint density at radius 1 is 1.12 bits per heavy atom. The van der Waals surface area contributed by atoms with E-state index in [0.717, 1.165) is 38.9 Å². The van der Waals surface area contributed by atoms with E-state index < -0.39 is 0 Å². The first-order valence-corrected chi connectivity index (χ1v) is 6.64. The second-order valence-corrected chi connectivity index (χ2v) is 4.63. The van der Waals surface area contributed by atoms with Crippen LogP contribution in [0.25, 0.3) is 0 Å². The summed E-state index contributed by atoms with van der Waals surface area (Å²) in [6, 6.07) is 0. The Morgan fingerprint density at radius 3 is 2.44 bits per heavy atom. The van der Waals surface area contributed by atoms with E-state index in [1.54, 1.807) is 0 Å². The average Bonchev–Trinajstić information content (AvgIpc) is 2.31. The van der Waals surface area contributed by atoms with Gasteiger partial charge in [0.05, 0.1) is 12.6 Å². The molecule has 2 atom stereocenters. The fourth-order valence-electron chi connectivity index (χ4n) is 2.24. The normalized spacial score (nSPS) is 25.2.